The highest BCUT2D eigenvalue weighted by Gasteiger charge is 2.18. The number of carbonyl (C=O) groups excluding carboxylic acids is 2. The van der Waals surface area contributed by atoms with Gasteiger partial charge in [0.2, 0.25) is 5.91 Å². The Morgan fingerprint density at radius 1 is 0.307 bits per heavy atom. The summed E-state index contributed by atoms with van der Waals surface area (Å²) in [6.45, 7) is 4.95. The average Bonchev–Trinajstić information content (AvgIpc) is 3.57. The van der Waals surface area contributed by atoms with Crippen molar-refractivity contribution in [2.75, 3.05) is 13.2 Å². The monoisotopic (exact) mass is 1240 g/mol. The second kappa shape index (κ2) is 77.5. The molecule has 0 aromatic heterocycles. The zero-order chi connectivity index (χ0) is 63.5. The van der Waals surface area contributed by atoms with Crippen LogP contribution in [0.5, 0.6) is 0 Å². The molecule has 0 rings (SSSR count). The summed E-state index contributed by atoms with van der Waals surface area (Å²) < 4.78 is 5.52. The van der Waals surface area contributed by atoms with E-state index in [4.69, 9.17) is 4.74 Å². The zero-order valence-corrected chi connectivity index (χ0v) is 59.7. The molecule has 2 unspecified atom stereocenters. The predicted octanol–water partition coefficient (Wildman–Crippen LogP) is 26.6. The number of hydrogen-bond acceptors (Lipinski definition) is 5. The number of unbranched alkanes of at least 4 members (excludes halogenated alkanes) is 61. The van der Waals surface area contributed by atoms with Crippen molar-refractivity contribution in [1.82, 2.24) is 5.32 Å². The van der Waals surface area contributed by atoms with E-state index in [9.17, 15) is 19.8 Å². The van der Waals surface area contributed by atoms with Gasteiger partial charge in [-0.15, -0.1) is 0 Å². The highest BCUT2D eigenvalue weighted by atomic mass is 16.5. The smallest absolute Gasteiger partial charge is 0.305 e. The minimum atomic E-state index is -0.844. The third kappa shape index (κ3) is 73.1. The van der Waals surface area contributed by atoms with Crippen molar-refractivity contribution in [3.8, 4) is 0 Å². The van der Waals surface area contributed by atoms with E-state index < -0.39 is 12.1 Å². The minimum absolute atomic E-state index is 0.0178. The quantitative estimate of drug-likeness (QED) is 0.0320. The van der Waals surface area contributed by atoms with Crippen LogP contribution in [0.1, 0.15) is 450 Å². The number of amides is 1. The average molecular weight is 1240 g/mol. The van der Waals surface area contributed by atoms with E-state index in [2.05, 4.69) is 43.5 Å². The van der Waals surface area contributed by atoms with E-state index >= 15 is 0 Å². The van der Waals surface area contributed by atoms with Gasteiger partial charge in [0.1, 0.15) is 0 Å². The van der Waals surface area contributed by atoms with Crippen LogP contribution in [-0.4, -0.2) is 47.4 Å². The summed E-state index contributed by atoms with van der Waals surface area (Å²) in [5.41, 5.74) is 0. The van der Waals surface area contributed by atoms with Crippen LogP contribution in [0.2, 0.25) is 0 Å². The third-order valence-electron chi connectivity index (χ3n) is 18.9. The SMILES string of the molecule is CCCCCCCC/C=C\CCCCCCCCCCCC(=O)OCCCCCCCCCCCCCC/C=C\CCCCCCCCCCCCCCCCCC(=O)NC(CO)C(O)/C=C/CCCCCCCCCCCCCCCCCCCCC. The van der Waals surface area contributed by atoms with Crippen molar-refractivity contribution in [2.24, 2.45) is 0 Å². The van der Waals surface area contributed by atoms with Crippen molar-refractivity contribution < 1.29 is 24.5 Å². The lowest BCUT2D eigenvalue weighted by atomic mass is 10.0. The molecule has 0 aliphatic heterocycles. The molecule has 6 nitrogen and oxygen atoms in total. The molecule has 6 heteroatoms. The highest BCUT2D eigenvalue weighted by Crippen LogP contribution is 2.20. The summed E-state index contributed by atoms with van der Waals surface area (Å²) in [6.07, 6.45) is 101. The summed E-state index contributed by atoms with van der Waals surface area (Å²) >= 11 is 0. The maximum Gasteiger partial charge on any atom is 0.305 e. The number of ether oxygens (including phenoxy) is 1. The lowest BCUT2D eigenvalue weighted by Crippen LogP contribution is -2.45. The molecule has 520 valence electrons. The fourth-order valence-corrected chi connectivity index (χ4v) is 12.7. The number of hydrogen-bond donors (Lipinski definition) is 3. The first-order valence-electron chi connectivity index (χ1n) is 40.3. The van der Waals surface area contributed by atoms with Gasteiger partial charge in [0.25, 0.3) is 0 Å². The number of carbonyl (C=O) groups is 2. The van der Waals surface area contributed by atoms with E-state index in [1.165, 1.54) is 385 Å². The molecule has 0 aromatic carbocycles. The molecule has 0 aromatic rings. The maximum absolute atomic E-state index is 12.5. The molecule has 0 heterocycles. The Morgan fingerprint density at radius 3 is 0.807 bits per heavy atom. The second-order valence-corrected chi connectivity index (χ2v) is 27.7. The van der Waals surface area contributed by atoms with Crippen LogP contribution in [-0.2, 0) is 14.3 Å². The van der Waals surface area contributed by atoms with Crippen molar-refractivity contribution in [2.45, 2.75) is 463 Å². The van der Waals surface area contributed by atoms with Crippen LogP contribution in [0.3, 0.4) is 0 Å². The van der Waals surface area contributed by atoms with Gasteiger partial charge < -0.3 is 20.3 Å². The Kier molecular flexibility index (Phi) is 75.8. The standard InChI is InChI=1S/C82H157NO5/c1-3-5-7-9-11-13-15-17-19-21-23-35-39-42-46-50-54-58-62-66-70-74-80(85)79(78-84)83-81(86)75-71-67-63-59-55-51-47-43-40-36-33-31-29-27-25-24-26-28-30-32-34-37-41-45-49-53-57-61-65-69-73-77-88-82(87)76-72-68-64-60-56-52-48-44-38-22-20-18-16-14-12-10-8-6-4-2/h18,20,26,28,70,74,79-80,84-85H,3-17,19,21-25,27,29-69,71-73,75-78H2,1-2H3,(H,83,86)/b20-18-,28-26-,74-70+. The number of aliphatic hydroxyl groups is 2. The molecular weight excluding hydrogens is 1080 g/mol. The molecular formula is C82H157NO5. The van der Waals surface area contributed by atoms with Crippen LogP contribution in [0.15, 0.2) is 36.5 Å². The lowest BCUT2D eigenvalue weighted by molar-refractivity contribution is -0.143. The zero-order valence-electron chi connectivity index (χ0n) is 59.7. The van der Waals surface area contributed by atoms with Gasteiger partial charge in [-0.2, -0.15) is 0 Å². The number of aliphatic hydroxyl groups excluding tert-OH is 2. The van der Waals surface area contributed by atoms with Gasteiger partial charge in [0.15, 0.2) is 0 Å². The Balaban J connectivity index is 3.37. The molecule has 0 fully saturated rings. The topological polar surface area (TPSA) is 95.9 Å². The van der Waals surface area contributed by atoms with E-state index in [0.717, 1.165) is 38.5 Å². The first-order valence-corrected chi connectivity index (χ1v) is 40.3. The molecule has 2 atom stereocenters. The summed E-state index contributed by atoms with van der Waals surface area (Å²) in [4.78, 5) is 24.7. The Morgan fingerprint density at radius 2 is 0.534 bits per heavy atom. The Labute approximate surface area is 551 Å². The molecule has 0 spiro atoms. The largest absolute Gasteiger partial charge is 0.466 e. The van der Waals surface area contributed by atoms with Crippen molar-refractivity contribution in [1.29, 1.82) is 0 Å². The normalized spacial score (nSPS) is 12.6. The van der Waals surface area contributed by atoms with Gasteiger partial charge >= 0.3 is 5.97 Å². The van der Waals surface area contributed by atoms with Crippen molar-refractivity contribution >= 4 is 11.9 Å². The minimum Gasteiger partial charge on any atom is -0.466 e. The molecule has 0 saturated heterocycles. The van der Waals surface area contributed by atoms with Gasteiger partial charge in [0, 0.05) is 12.8 Å². The molecule has 3 N–H and O–H groups in total. The number of nitrogens with one attached hydrogen (secondary N) is 1. The molecule has 1 amide bonds. The molecule has 0 bridgehead atoms. The Hall–Kier alpha value is -1.92. The lowest BCUT2D eigenvalue weighted by Gasteiger charge is -2.20. The van der Waals surface area contributed by atoms with Gasteiger partial charge in [-0.1, -0.05) is 391 Å². The van der Waals surface area contributed by atoms with Gasteiger partial charge in [-0.05, 0) is 83.5 Å². The van der Waals surface area contributed by atoms with Crippen molar-refractivity contribution in [3.05, 3.63) is 36.5 Å². The van der Waals surface area contributed by atoms with Crippen molar-refractivity contribution in [3.63, 3.8) is 0 Å². The fourth-order valence-electron chi connectivity index (χ4n) is 12.7. The summed E-state index contributed by atoms with van der Waals surface area (Å²) in [5.74, 6) is -0.0436. The first kappa shape index (κ1) is 86.1. The Bertz CT molecular complexity index is 1430. The fraction of sp³-hybridized carbons (Fsp3) is 0.902. The number of rotatable bonds is 76. The van der Waals surface area contributed by atoms with Crippen LogP contribution >= 0.6 is 0 Å². The number of allylic oxidation sites excluding steroid dienone is 5. The predicted molar refractivity (Wildman–Crippen MR) is 389 cm³/mol. The van der Waals surface area contributed by atoms with Gasteiger partial charge in [0.05, 0.1) is 25.4 Å². The first-order chi connectivity index (χ1) is 43.5. The molecule has 0 aliphatic carbocycles. The molecule has 88 heavy (non-hydrogen) atoms. The van der Waals surface area contributed by atoms with Crippen LogP contribution in [0, 0.1) is 0 Å². The molecule has 0 aliphatic rings. The summed E-state index contributed by atoms with van der Waals surface area (Å²) in [5, 5.41) is 23.3. The molecule has 0 saturated carbocycles. The van der Waals surface area contributed by atoms with E-state index in [1.54, 1.807) is 6.08 Å². The van der Waals surface area contributed by atoms with Crippen LogP contribution < -0.4 is 5.32 Å². The van der Waals surface area contributed by atoms with E-state index in [0.29, 0.717) is 19.4 Å². The van der Waals surface area contributed by atoms with E-state index in [-0.39, 0.29) is 18.5 Å². The number of esters is 1. The highest BCUT2D eigenvalue weighted by molar-refractivity contribution is 5.76. The maximum atomic E-state index is 12.5. The van der Waals surface area contributed by atoms with Crippen LogP contribution in [0.4, 0.5) is 0 Å². The van der Waals surface area contributed by atoms with Gasteiger partial charge in [-0.25, -0.2) is 0 Å². The molecule has 0 radical (unpaired) electrons. The summed E-state index contributed by atoms with van der Waals surface area (Å²) in [6, 6.07) is -0.628. The van der Waals surface area contributed by atoms with Crippen LogP contribution in [0.25, 0.3) is 0 Å². The third-order valence-corrected chi connectivity index (χ3v) is 18.9. The van der Waals surface area contributed by atoms with Gasteiger partial charge in [-0.3, -0.25) is 9.59 Å². The second-order valence-electron chi connectivity index (χ2n) is 27.7. The summed E-state index contributed by atoms with van der Waals surface area (Å²) in [7, 11) is 0. The van der Waals surface area contributed by atoms with E-state index in [1.807, 2.05) is 6.08 Å².